The van der Waals surface area contributed by atoms with E-state index >= 15 is 0 Å². The third-order valence-corrected chi connectivity index (χ3v) is 4.83. The van der Waals surface area contributed by atoms with Crippen LogP contribution in [0, 0.1) is 0 Å². The summed E-state index contributed by atoms with van der Waals surface area (Å²) in [4.78, 5) is 0. The zero-order chi connectivity index (χ0) is 19.0. The van der Waals surface area contributed by atoms with Crippen LogP contribution in [0.1, 0.15) is 76.6 Å². The lowest BCUT2D eigenvalue weighted by Crippen LogP contribution is -2.18. The van der Waals surface area contributed by atoms with Crippen LogP contribution in [-0.2, 0) is 12.0 Å². The Kier molecular flexibility index (Phi) is 7.71. The molecule has 0 saturated heterocycles. The van der Waals surface area contributed by atoms with Crippen LogP contribution in [-0.4, -0.2) is 6.61 Å². The summed E-state index contributed by atoms with van der Waals surface area (Å²) in [5.74, 6) is 0.967. The van der Waals surface area contributed by atoms with Gasteiger partial charge >= 0.3 is 0 Å². The van der Waals surface area contributed by atoms with Gasteiger partial charge in [0.15, 0.2) is 0 Å². The second kappa shape index (κ2) is 9.78. The number of unbranched alkanes of at least 4 members (excludes halogenated alkanes) is 2. The molecule has 0 aromatic heterocycles. The van der Waals surface area contributed by atoms with Gasteiger partial charge in [0.05, 0.1) is 6.61 Å². The van der Waals surface area contributed by atoms with E-state index in [1.165, 1.54) is 29.5 Å². The van der Waals surface area contributed by atoms with Gasteiger partial charge in [-0.05, 0) is 47.6 Å². The van der Waals surface area contributed by atoms with Crippen molar-refractivity contribution in [1.29, 1.82) is 0 Å². The van der Waals surface area contributed by atoms with Crippen molar-refractivity contribution in [2.45, 2.75) is 71.9 Å². The minimum Gasteiger partial charge on any atom is -0.494 e. The largest absolute Gasteiger partial charge is 0.494 e. The molecule has 0 aliphatic heterocycles. The summed E-state index contributed by atoms with van der Waals surface area (Å²) in [6.45, 7) is 12.9. The third-order valence-electron chi connectivity index (χ3n) is 4.83. The van der Waals surface area contributed by atoms with Crippen molar-refractivity contribution in [3.63, 3.8) is 0 Å². The highest BCUT2D eigenvalue weighted by Crippen LogP contribution is 2.23. The molecule has 1 atom stereocenters. The lowest BCUT2D eigenvalue weighted by Gasteiger charge is -2.20. The van der Waals surface area contributed by atoms with E-state index in [-0.39, 0.29) is 5.41 Å². The van der Waals surface area contributed by atoms with Crippen molar-refractivity contribution in [2.24, 2.45) is 0 Å². The first-order chi connectivity index (χ1) is 12.4. The number of rotatable bonds is 9. The number of benzene rings is 2. The van der Waals surface area contributed by atoms with Crippen LogP contribution < -0.4 is 10.1 Å². The highest BCUT2D eigenvalue weighted by Gasteiger charge is 2.13. The molecule has 26 heavy (non-hydrogen) atoms. The van der Waals surface area contributed by atoms with Crippen molar-refractivity contribution in [2.75, 3.05) is 6.61 Å². The maximum absolute atomic E-state index is 5.79. The summed E-state index contributed by atoms with van der Waals surface area (Å²) in [6.07, 6.45) is 3.59. The summed E-state index contributed by atoms with van der Waals surface area (Å²) < 4.78 is 5.79. The van der Waals surface area contributed by atoms with Crippen molar-refractivity contribution in [1.82, 2.24) is 5.32 Å². The van der Waals surface area contributed by atoms with Crippen molar-refractivity contribution >= 4 is 0 Å². The summed E-state index contributed by atoms with van der Waals surface area (Å²) >= 11 is 0. The zero-order valence-corrected chi connectivity index (χ0v) is 17.1. The average Bonchev–Trinajstić information content (AvgIpc) is 2.63. The predicted molar refractivity (Wildman–Crippen MR) is 112 cm³/mol. The smallest absolute Gasteiger partial charge is 0.119 e. The molecule has 1 N–H and O–H groups in total. The van der Waals surface area contributed by atoms with E-state index in [0.717, 1.165) is 25.3 Å². The molecule has 0 spiro atoms. The molecule has 1 unspecified atom stereocenters. The highest BCUT2D eigenvalue weighted by molar-refractivity contribution is 5.30. The van der Waals surface area contributed by atoms with Crippen molar-refractivity contribution in [3.8, 4) is 5.75 Å². The van der Waals surface area contributed by atoms with Crippen LogP contribution in [0.15, 0.2) is 48.5 Å². The molecular weight excluding hydrogens is 318 g/mol. The SMILES string of the molecule is CCCCCOc1ccc(C(C)NCc2ccc(C(C)(C)C)cc2)cc1. The van der Waals surface area contributed by atoms with Gasteiger partial charge in [0.1, 0.15) is 5.75 Å². The fourth-order valence-electron chi connectivity index (χ4n) is 2.91. The Balaban J connectivity index is 1.82. The number of hydrogen-bond acceptors (Lipinski definition) is 2. The molecule has 0 fully saturated rings. The van der Waals surface area contributed by atoms with Gasteiger partial charge in [-0.25, -0.2) is 0 Å². The molecule has 2 nitrogen and oxygen atoms in total. The standard InChI is InChI=1S/C24H35NO/c1-6-7-8-17-26-23-15-11-21(12-16-23)19(2)25-18-20-9-13-22(14-10-20)24(3,4)5/h9-16,19,25H,6-8,17-18H2,1-5H3. The van der Waals surface area contributed by atoms with Gasteiger partial charge < -0.3 is 10.1 Å². The molecule has 0 aliphatic carbocycles. The van der Waals surface area contributed by atoms with Gasteiger partial charge in [-0.3, -0.25) is 0 Å². The Morgan fingerprint density at radius 1 is 0.923 bits per heavy atom. The summed E-state index contributed by atoms with van der Waals surface area (Å²) in [7, 11) is 0. The number of ether oxygens (including phenoxy) is 1. The fourth-order valence-corrected chi connectivity index (χ4v) is 2.91. The van der Waals surface area contributed by atoms with Crippen molar-refractivity contribution < 1.29 is 4.74 Å². The first-order valence-electron chi connectivity index (χ1n) is 9.95. The Hall–Kier alpha value is -1.80. The molecule has 0 aliphatic rings. The normalized spacial score (nSPS) is 12.8. The first kappa shape index (κ1) is 20.5. The second-order valence-electron chi connectivity index (χ2n) is 8.17. The van der Waals surface area contributed by atoms with E-state index in [1.54, 1.807) is 0 Å². The molecule has 2 aromatic rings. The molecular formula is C24H35NO. The quantitative estimate of drug-likeness (QED) is 0.526. The van der Waals surface area contributed by atoms with Crippen LogP contribution in [0.2, 0.25) is 0 Å². The minimum absolute atomic E-state index is 0.208. The van der Waals surface area contributed by atoms with Gasteiger partial charge in [0, 0.05) is 12.6 Å². The molecule has 0 amide bonds. The summed E-state index contributed by atoms with van der Waals surface area (Å²) in [5, 5.41) is 3.61. The summed E-state index contributed by atoms with van der Waals surface area (Å²) in [6, 6.07) is 17.7. The zero-order valence-electron chi connectivity index (χ0n) is 17.1. The molecule has 142 valence electrons. The summed E-state index contributed by atoms with van der Waals surface area (Å²) in [5.41, 5.74) is 4.20. The van der Waals surface area contributed by atoms with E-state index in [1.807, 2.05) is 0 Å². The van der Waals surface area contributed by atoms with Crippen LogP contribution in [0.5, 0.6) is 5.75 Å². The topological polar surface area (TPSA) is 21.3 Å². The Morgan fingerprint density at radius 2 is 1.58 bits per heavy atom. The maximum Gasteiger partial charge on any atom is 0.119 e. The number of hydrogen-bond donors (Lipinski definition) is 1. The van der Waals surface area contributed by atoms with E-state index in [2.05, 4.69) is 88.5 Å². The fraction of sp³-hybridized carbons (Fsp3) is 0.500. The highest BCUT2D eigenvalue weighted by atomic mass is 16.5. The van der Waals surface area contributed by atoms with Crippen LogP contribution in [0.4, 0.5) is 0 Å². The lowest BCUT2D eigenvalue weighted by molar-refractivity contribution is 0.306. The number of nitrogens with one attached hydrogen (secondary N) is 1. The minimum atomic E-state index is 0.208. The molecule has 2 rings (SSSR count). The van der Waals surface area contributed by atoms with Gasteiger partial charge in [0.25, 0.3) is 0 Å². The Bertz CT molecular complexity index is 637. The predicted octanol–water partition coefficient (Wildman–Crippen LogP) is 6.40. The Labute approximate surface area is 160 Å². The monoisotopic (exact) mass is 353 g/mol. The second-order valence-corrected chi connectivity index (χ2v) is 8.17. The van der Waals surface area contributed by atoms with E-state index in [9.17, 15) is 0 Å². The Morgan fingerprint density at radius 3 is 2.15 bits per heavy atom. The van der Waals surface area contributed by atoms with Crippen LogP contribution >= 0.6 is 0 Å². The molecule has 2 heteroatoms. The molecule has 0 bridgehead atoms. The van der Waals surface area contributed by atoms with E-state index in [4.69, 9.17) is 4.74 Å². The molecule has 0 radical (unpaired) electrons. The molecule has 0 saturated carbocycles. The van der Waals surface area contributed by atoms with Crippen LogP contribution in [0.3, 0.4) is 0 Å². The molecule has 0 heterocycles. The van der Waals surface area contributed by atoms with Gasteiger partial charge in [0.2, 0.25) is 0 Å². The van der Waals surface area contributed by atoms with Gasteiger partial charge in [-0.2, -0.15) is 0 Å². The lowest BCUT2D eigenvalue weighted by atomic mass is 9.87. The average molecular weight is 354 g/mol. The van der Waals surface area contributed by atoms with E-state index < -0.39 is 0 Å². The third kappa shape index (κ3) is 6.49. The molecule has 2 aromatic carbocycles. The van der Waals surface area contributed by atoms with Gasteiger partial charge in [-0.1, -0.05) is 76.9 Å². The van der Waals surface area contributed by atoms with Crippen molar-refractivity contribution in [3.05, 3.63) is 65.2 Å². The van der Waals surface area contributed by atoms with Crippen LogP contribution in [0.25, 0.3) is 0 Å². The van der Waals surface area contributed by atoms with Gasteiger partial charge in [-0.15, -0.1) is 0 Å². The maximum atomic E-state index is 5.79. The van der Waals surface area contributed by atoms with E-state index in [0.29, 0.717) is 6.04 Å². The first-order valence-corrected chi connectivity index (χ1v) is 9.95.